The summed E-state index contributed by atoms with van der Waals surface area (Å²) in [4.78, 5) is 0. The summed E-state index contributed by atoms with van der Waals surface area (Å²) in [5.41, 5.74) is 0.801. The molecule has 1 aliphatic heterocycles. The number of benzene rings is 1. The van der Waals surface area contributed by atoms with E-state index in [9.17, 15) is 13.2 Å². The highest BCUT2D eigenvalue weighted by atomic mass is 19.4. The van der Waals surface area contributed by atoms with Crippen molar-refractivity contribution in [1.82, 2.24) is 5.32 Å². The average Bonchev–Trinajstić information content (AvgIpc) is 2.40. The lowest BCUT2D eigenvalue weighted by Crippen LogP contribution is -2.27. The third-order valence-corrected chi connectivity index (χ3v) is 3.29. The zero-order chi connectivity index (χ0) is 14.6. The van der Waals surface area contributed by atoms with E-state index in [1.54, 1.807) is 6.07 Å². The first-order valence-corrected chi connectivity index (χ1v) is 6.73. The SMILES string of the molecule is CCOc1ccc(OC(F)(F)F)cc1C1CCNCC1. The van der Waals surface area contributed by atoms with E-state index in [4.69, 9.17) is 4.74 Å². The summed E-state index contributed by atoms with van der Waals surface area (Å²) in [5, 5.41) is 3.24. The van der Waals surface area contributed by atoms with Crippen LogP contribution >= 0.6 is 0 Å². The minimum atomic E-state index is -4.67. The molecular weight excluding hydrogens is 271 g/mol. The van der Waals surface area contributed by atoms with E-state index in [0.29, 0.717) is 12.4 Å². The summed E-state index contributed by atoms with van der Waals surface area (Å²) in [5.74, 6) is 0.665. The monoisotopic (exact) mass is 289 g/mol. The fourth-order valence-electron chi connectivity index (χ4n) is 2.46. The number of halogens is 3. The third-order valence-electron chi connectivity index (χ3n) is 3.29. The van der Waals surface area contributed by atoms with Crippen molar-refractivity contribution >= 4 is 0 Å². The molecule has 1 fully saturated rings. The third kappa shape index (κ3) is 4.03. The van der Waals surface area contributed by atoms with Gasteiger partial charge in [0.05, 0.1) is 6.61 Å². The minimum Gasteiger partial charge on any atom is -0.494 e. The summed E-state index contributed by atoms with van der Waals surface area (Å²) >= 11 is 0. The molecule has 1 aromatic rings. The van der Waals surface area contributed by atoms with E-state index in [0.717, 1.165) is 31.5 Å². The van der Waals surface area contributed by atoms with Gasteiger partial charge >= 0.3 is 6.36 Å². The summed E-state index contributed by atoms with van der Waals surface area (Å²) in [6, 6.07) is 4.31. The van der Waals surface area contributed by atoms with Crippen molar-refractivity contribution in [2.24, 2.45) is 0 Å². The van der Waals surface area contributed by atoms with E-state index in [1.165, 1.54) is 12.1 Å². The predicted molar refractivity (Wildman–Crippen MR) is 69.1 cm³/mol. The van der Waals surface area contributed by atoms with Crippen molar-refractivity contribution in [1.29, 1.82) is 0 Å². The molecule has 0 aliphatic carbocycles. The van der Waals surface area contributed by atoms with Crippen molar-refractivity contribution in [3.63, 3.8) is 0 Å². The van der Waals surface area contributed by atoms with Gasteiger partial charge in [0.15, 0.2) is 0 Å². The van der Waals surface area contributed by atoms with Crippen LogP contribution in [0.1, 0.15) is 31.2 Å². The van der Waals surface area contributed by atoms with Crippen LogP contribution in [-0.2, 0) is 0 Å². The Morgan fingerprint density at radius 1 is 1.25 bits per heavy atom. The van der Waals surface area contributed by atoms with E-state index in [2.05, 4.69) is 10.1 Å². The van der Waals surface area contributed by atoms with Gasteiger partial charge in [0.25, 0.3) is 0 Å². The number of nitrogens with one attached hydrogen (secondary N) is 1. The molecule has 1 heterocycles. The number of piperidine rings is 1. The van der Waals surface area contributed by atoms with Crippen LogP contribution < -0.4 is 14.8 Å². The summed E-state index contributed by atoms with van der Waals surface area (Å²) in [7, 11) is 0. The van der Waals surface area contributed by atoms with Gasteiger partial charge in [0, 0.05) is 5.56 Å². The van der Waals surface area contributed by atoms with Crippen molar-refractivity contribution in [2.75, 3.05) is 19.7 Å². The molecule has 0 atom stereocenters. The molecule has 0 bridgehead atoms. The Morgan fingerprint density at radius 3 is 2.55 bits per heavy atom. The van der Waals surface area contributed by atoms with Gasteiger partial charge in [0.1, 0.15) is 11.5 Å². The zero-order valence-electron chi connectivity index (χ0n) is 11.3. The maximum atomic E-state index is 12.3. The highest BCUT2D eigenvalue weighted by Crippen LogP contribution is 2.36. The molecule has 112 valence electrons. The first-order chi connectivity index (χ1) is 9.49. The smallest absolute Gasteiger partial charge is 0.494 e. The van der Waals surface area contributed by atoms with Crippen LogP contribution in [0, 0.1) is 0 Å². The van der Waals surface area contributed by atoms with Gasteiger partial charge in [-0.05, 0) is 57.0 Å². The van der Waals surface area contributed by atoms with Gasteiger partial charge in [-0.2, -0.15) is 0 Å². The molecule has 1 N–H and O–H groups in total. The number of alkyl halides is 3. The molecule has 6 heteroatoms. The van der Waals surface area contributed by atoms with Crippen molar-refractivity contribution in [3.8, 4) is 11.5 Å². The summed E-state index contributed by atoms with van der Waals surface area (Å²) < 4.78 is 46.4. The molecule has 0 aromatic heterocycles. The van der Waals surface area contributed by atoms with E-state index in [-0.39, 0.29) is 11.7 Å². The van der Waals surface area contributed by atoms with Gasteiger partial charge in [-0.1, -0.05) is 0 Å². The second kappa shape index (κ2) is 6.35. The molecule has 0 amide bonds. The number of rotatable bonds is 4. The van der Waals surface area contributed by atoms with Gasteiger partial charge < -0.3 is 14.8 Å². The molecule has 1 saturated heterocycles. The molecule has 1 aliphatic rings. The maximum absolute atomic E-state index is 12.3. The molecule has 3 nitrogen and oxygen atoms in total. The topological polar surface area (TPSA) is 30.5 Å². The van der Waals surface area contributed by atoms with Crippen LogP contribution in [0.25, 0.3) is 0 Å². The average molecular weight is 289 g/mol. The Morgan fingerprint density at radius 2 is 1.95 bits per heavy atom. The predicted octanol–water partition coefficient (Wildman–Crippen LogP) is 3.45. The van der Waals surface area contributed by atoms with Crippen LogP contribution in [0.2, 0.25) is 0 Å². The molecule has 20 heavy (non-hydrogen) atoms. The second-order valence-electron chi connectivity index (χ2n) is 4.70. The zero-order valence-corrected chi connectivity index (χ0v) is 11.3. The molecule has 0 spiro atoms. The van der Waals surface area contributed by atoms with Gasteiger partial charge in [-0.3, -0.25) is 0 Å². The lowest BCUT2D eigenvalue weighted by Gasteiger charge is -2.25. The summed E-state index contributed by atoms with van der Waals surface area (Å²) in [6.07, 6.45) is -2.90. The lowest BCUT2D eigenvalue weighted by molar-refractivity contribution is -0.274. The Hall–Kier alpha value is -1.43. The van der Waals surface area contributed by atoms with Crippen molar-refractivity contribution in [2.45, 2.75) is 32.0 Å². The maximum Gasteiger partial charge on any atom is 0.573 e. The standard InChI is InChI=1S/C14H18F3NO2/c1-2-19-13-4-3-11(20-14(15,16)17)9-12(13)10-5-7-18-8-6-10/h3-4,9-10,18H,2,5-8H2,1H3. The normalized spacial score (nSPS) is 17.0. The lowest BCUT2D eigenvalue weighted by atomic mass is 9.89. The number of hydrogen-bond acceptors (Lipinski definition) is 3. The first-order valence-electron chi connectivity index (χ1n) is 6.73. The van der Waals surface area contributed by atoms with E-state index < -0.39 is 6.36 Å². The van der Waals surface area contributed by atoms with E-state index in [1.807, 2.05) is 6.92 Å². The minimum absolute atomic E-state index is 0.186. The van der Waals surface area contributed by atoms with Gasteiger partial charge in [-0.25, -0.2) is 0 Å². The molecule has 0 saturated carbocycles. The molecular formula is C14H18F3NO2. The second-order valence-corrected chi connectivity index (χ2v) is 4.70. The van der Waals surface area contributed by atoms with Crippen LogP contribution in [0.4, 0.5) is 13.2 Å². The first kappa shape index (κ1) is 15.0. The largest absolute Gasteiger partial charge is 0.573 e. The fraction of sp³-hybridized carbons (Fsp3) is 0.571. The van der Waals surface area contributed by atoms with Gasteiger partial charge in [-0.15, -0.1) is 13.2 Å². The Labute approximate surface area is 116 Å². The highest BCUT2D eigenvalue weighted by molar-refractivity contribution is 5.43. The van der Waals surface area contributed by atoms with Crippen molar-refractivity contribution in [3.05, 3.63) is 23.8 Å². The van der Waals surface area contributed by atoms with Crippen molar-refractivity contribution < 1.29 is 22.6 Å². The molecule has 0 unspecified atom stereocenters. The Kier molecular flexibility index (Phi) is 4.75. The van der Waals surface area contributed by atoms with Crippen LogP contribution in [-0.4, -0.2) is 26.1 Å². The quantitative estimate of drug-likeness (QED) is 0.921. The van der Waals surface area contributed by atoms with Gasteiger partial charge in [0.2, 0.25) is 0 Å². The highest BCUT2D eigenvalue weighted by Gasteiger charge is 2.31. The van der Waals surface area contributed by atoms with Crippen LogP contribution in [0.15, 0.2) is 18.2 Å². The fourth-order valence-corrected chi connectivity index (χ4v) is 2.46. The Balaban J connectivity index is 2.26. The Bertz CT molecular complexity index is 443. The number of ether oxygens (including phenoxy) is 2. The number of hydrogen-bond donors (Lipinski definition) is 1. The molecule has 1 aromatic carbocycles. The molecule has 0 radical (unpaired) electrons. The summed E-state index contributed by atoms with van der Waals surface area (Å²) in [6.45, 7) is 4.06. The molecule has 2 rings (SSSR count). The van der Waals surface area contributed by atoms with Crippen LogP contribution in [0.3, 0.4) is 0 Å². The van der Waals surface area contributed by atoms with Crippen LogP contribution in [0.5, 0.6) is 11.5 Å². The van der Waals surface area contributed by atoms with E-state index >= 15 is 0 Å².